The summed E-state index contributed by atoms with van der Waals surface area (Å²) in [5.41, 5.74) is 20.5. The number of carboxylic acid groups (broad SMARTS) is 1. The van der Waals surface area contributed by atoms with Crippen LogP contribution < -0.4 is 32.7 Å². The van der Waals surface area contributed by atoms with Gasteiger partial charge < -0.3 is 36.7 Å². The van der Waals surface area contributed by atoms with Gasteiger partial charge in [0.15, 0.2) is 17.1 Å². The summed E-state index contributed by atoms with van der Waals surface area (Å²) < 4.78 is 10.4. The van der Waals surface area contributed by atoms with Crippen molar-refractivity contribution in [3.8, 4) is 0 Å². The van der Waals surface area contributed by atoms with Gasteiger partial charge in [-0.2, -0.15) is 35.6 Å². The number of ether oxygens (including phenoxy) is 2. The number of hydrogen-bond donors (Lipinski definition) is 9. The fraction of sp³-hybridized carbons (Fsp3) is 0.352. The Bertz CT molecular complexity index is 3410. The van der Waals surface area contributed by atoms with E-state index in [2.05, 4.69) is 82.2 Å². The molecule has 8 rings (SSSR count). The predicted octanol–water partition coefficient (Wildman–Crippen LogP) is 7.79. The van der Waals surface area contributed by atoms with Gasteiger partial charge >= 0.3 is 18.2 Å². The summed E-state index contributed by atoms with van der Waals surface area (Å²) in [6.45, 7) is 23.6. The molecule has 27 nitrogen and oxygen atoms in total. The second-order valence-corrected chi connectivity index (χ2v) is 20.4. The normalized spacial score (nSPS) is 10.8. The van der Waals surface area contributed by atoms with Crippen LogP contribution >= 0.6 is 11.6 Å². The fourth-order valence-corrected chi connectivity index (χ4v) is 7.59. The van der Waals surface area contributed by atoms with Crippen LogP contribution in [0.15, 0.2) is 67.3 Å². The number of aromatic nitrogens is 13. The number of rotatable bonds is 12. The molecule has 28 heteroatoms. The van der Waals surface area contributed by atoms with Crippen LogP contribution in [0.25, 0.3) is 10.9 Å². The van der Waals surface area contributed by atoms with E-state index in [9.17, 15) is 24.0 Å². The molecule has 0 aliphatic carbocycles. The highest BCUT2D eigenvalue weighted by Crippen LogP contribution is 2.21. The number of benzene rings is 1. The van der Waals surface area contributed by atoms with E-state index in [1.54, 1.807) is 45.2 Å². The van der Waals surface area contributed by atoms with Crippen molar-refractivity contribution >= 4 is 69.9 Å². The first-order valence-corrected chi connectivity index (χ1v) is 25.3. The minimum atomic E-state index is -1.07. The zero-order valence-electron chi connectivity index (χ0n) is 46.9. The Labute approximate surface area is 478 Å². The summed E-state index contributed by atoms with van der Waals surface area (Å²) in [6.07, 6.45) is 4.49. The van der Waals surface area contributed by atoms with E-state index in [-0.39, 0.29) is 36.3 Å². The lowest BCUT2D eigenvalue weighted by Crippen LogP contribution is -2.28. The predicted molar refractivity (Wildman–Crippen MR) is 308 cm³/mol. The number of anilines is 3. The average Bonchev–Trinajstić information content (AvgIpc) is 4.25. The molecule has 4 amide bonds. The number of H-pyrrole nitrogens is 2. The van der Waals surface area contributed by atoms with Gasteiger partial charge in [0.2, 0.25) is 0 Å². The molecule has 82 heavy (non-hydrogen) atoms. The minimum Gasteiger partial charge on any atom is -0.476 e. The largest absolute Gasteiger partial charge is 0.476 e. The first-order valence-electron chi connectivity index (χ1n) is 24.9. The van der Waals surface area contributed by atoms with Gasteiger partial charge in [-0.25, -0.2) is 29.3 Å². The number of carbonyl (C=O) groups excluding carboxylic acids is 4. The van der Waals surface area contributed by atoms with Gasteiger partial charge in [0.1, 0.15) is 28.7 Å². The number of nitrogens with two attached hydrogens (primary N) is 2. The van der Waals surface area contributed by atoms with Crippen molar-refractivity contribution in [3.05, 3.63) is 145 Å². The third-order valence-electron chi connectivity index (χ3n) is 11.1. The Morgan fingerprint density at radius 2 is 1.16 bits per heavy atom. The van der Waals surface area contributed by atoms with Gasteiger partial charge in [0, 0.05) is 48.3 Å². The van der Waals surface area contributed by atoms with E-state index in [1.807, 2.05) is 86.6 Å². The summed E-state index contributed by atoms with van der Waals surface area (Å²) in [5, 5.41) is 47.5. The standard InChI is InChI=1S/C21H20ClN7O.C16H22N6O3.C13H21N3O2.C3H3N3O2.CH4/c1-12-5-20(23)27-13(2)17(12)9-25-21(30)19-10-26-29(28-19)11-14-3-4-18-15(6-14)7-16(22)8-24-18;1-9-6-13(20-15(24)25-16(3,4)5)19-10(2)11(9)7-17-14(23)12-8-18-22-21-12;1-8-6-11(15-9(2)10(8)7-14)16-12(17)18-13(3,4)5;7-3(8)2-1-4-6-5-2;/h3-8,10H,9,11H2,1-2H3,(H2,23,27)(H,25,30);6,8H,7H2,1-5H3,(H,17,23)(H,18,21,22)(H,19,20,24);6H,7,14H2,1-5H3,(H,15,16,17);1H,(H,7,8)(H,4,5,6);1H4. The number of carbonyl (C=O) groups is 5. The Morgan fingerprint density at radius 1 is 0.659 bits per heavy atom. The van der Waals surface area contributed by atoms with Crippen molar-refractivity contribution in [3.63, 3.8) is 0 Å². The van der Waals surface area contributed by atoms with Crippen molar-refractivity contribution in [2.75, 3.05) is 16.4 Å². The minimum absolute atomic E-state index is 0. The summed E-state index contributed by atoms with van der Waals surface area (Å²) >= 11 is 6.02. The maximum atomic E-state index is 12.5. The zero-order chi connectivity index (χ0) is 59.8. The second kappa shape index (κ2) is 29.1. The summed E-state index contributed by atoms with van der Waals surface area (Å²) in [6, 6.07) is 13.0. The van der Waals surface area contributed by atoms with E-state index in [1.165, 1.54) is 17.2 Å². The zero-order valence-corrected chi connectivity index (χ0v) is 47.7. The van der Waals surface area contributed by atoms with Crippen molar-refractivity contribution in [1.29, 1.82) is 0 Å². The van der Waals surface area contributed by atoms with Crippen LogP contribution in [0.2, 0.25) is 5.02 Å². The first-order chi connectivity index (χ1) is 38.1. The number of carboxylic acids is 1. The molecule has 0 radical (unpaired) electrons. The van der Waals surface area contributed by atoms with E-state index < -0.39 is 29.4 Å². The van der Waals surface area contributed by atoms with Crippen LogP contribution in [0, 0.1) is 41.5 Å². The number of nitrogens with zero attached hydrogens (tertiary/aromatic N) is 11. The number of nitrogen functional groups attached to an aromatic ring is 1. The van der Waals surface area contributed by atoms with Gasteiger partial charge in [-0.3, -0.25) is 25.2 Å². The monoisotopic (exact) mass is 1150 g/mol. The Kier molecular flexibility index (Phi) is 23.1. The topological polar surface area (TPSA) is 390 Å². The van der Waals surface area contributed by atoms with Crippen molar-refractivity contribution < 1.29 is 38.6 Å². The maximum absolute atomic E-state index is 12.5. The quantitative estimate of drug-likeness (QED) is 0.0563. The molecule has 7 heterocycles. The molecule has 0 unspecified atom stereocenters. The number of pyridine rings is 4. The molecule has 0 fully saturated rings. The highest BCUT2D eigenvalue weighted by atomic mass is 35.5. The molecule has 8 aromatic rings. The summed E-state index contributed by atoms with van der Waals surface area (Å²) in [5.74, 6) is -0.351. The molecule has 7 aromatic heterocycles. The number of hydrogen-bond acceptors (Lipinski definition) is 19. The van der Waals surface area contributed by atoms with Crippen LogP contribution in [-0.4, -0.2) is 112 Å². The van der Waals surface area contributed by atoms with E-state index in [0.717, 1.165) is 67.4 Å². The second-order valence-electron chi connectivity index (χ2n) is 20.0. The molecule has 436 valence electrons. The number of aromatic carboxylic acids is 1. The number of aryl methyl sites for hydroxylation is 6. The van der Waals surface area contributed by atoms with Crippen LogP contribution in [0.5, 0.6) is 0 Å². The molecule has 0 saturated carbocycles. The highest BCUT2D eigenvalue weighted by Gasteiger charge is 2.20. The van der Waals surface area contributed by atoms with Gasteiger partial charge in [0.25, 0.3) is 11.8 Å². The molecule has 0 saturated heterocycles. The SMILES string of the molecule is C.Cc1cc(N)nc(C)c1CNC(=O)c1cnn(Cc2ccc3ncc(Cl)cc3c2)n1.Cc1cc(NC(=O)OC(C)(C)C)nc(C)c1CN.Cc1cc(NC(=O)OC(C)(C)C)nc(C)c1CNC(=O)c1cn[nH]n1.O=C(O)c1cn[nH]n1. The van der Waals surface area contributed by atoms with E-state index in [0.29, 0.717) is 54.3 Å². The smallest absolute Gasteiger partial charge is 0.413 e. The lowest BCUT2D eigenvalue weighted by atomic mass is 10.1. The van der Waals surface area contributed by atoms with Crippen LogP contribution in [0.4, 0.5) is 27.0 Å². The molecular formula is C54H70ClN19O8. The average molecular weight is 1150 g/mol. The number of aromatic amines is 2. The van der Waals surface area contributed by atoms with Crippen molar-refractivity contribution in [2.45, 2.75) is 128 Å². The molecule has 0 aliphatic rings. The van der Waals surface area contributed by atoms with Gasteiger partial charge in [-0.15, -0.1) is 10.2 Å². The number of amides is 4. The number of halogens is 1. The summed E-state index contributed by atoms with van der Waals surface area (Å²) in [4.78, 5) is 76.4. The maximum Gasteiger partial charge on any atom is 0.413 e. The third kappa shape index (κ3) is 20.3. The lowest BCUT2D eigenvalue weighted by molar-refractivity contribution is 0.0624. The molecule has 0 aliphatic heterocycles. The lowest BCUT2D eigenvalue weighted by Gasteiger charge is -2.20. The molecule has 11 N–H and O–H groups in total. The van der Waals surface area contributed by atoms with Crippen LogP contribution in [0.3, 0.4) is 0 Å². The fourth-order valence-electron chi connectivity index (χ4n) is 7.42. The summed E-state index contributed by atoms with van der Waals surface area (Å²) in [7, 11) is 0. The van der Waals surface area contributed by atoms with Gasteiger partial charge in [0.05, 0.1) is 35.7 Å². The van der Waals surface area contributed by atoms with Gasteiger partial charge in [-0.1, -0.05) is 25.1 Å². The van der Waals surface area contributed by atoms with Crippen molar-refractivity contribution in [1.82, 2.24) is 76.4 Å². The highest BCUT2D eigenvalue weighted by molar-refractivity contribution is 6.31. The number of fused-ring (bicyclic) bond motifs is 1. The van der Waals surface area contributed by atoms with E-state index in [4.69, 9.17) is 37.6 Å². The molecule has 0 spiro atoms. The molecule has 1 aromatic carbocycles. The van der Waals surface area contributed by atoms with Crippen molar-refractivity contribution in [2.24, 2.45) is 5.73 Å². The number of nitrogens with one attached hydrogen (secondary N) is 6. The third-order valence-corrected chi connectivity index (χ3v) is 11.3. The first kappa shape index (κ1) is 65.0. The molecule has 0 bridgehead atoms. The molecular weight excluding hydrogens is 1080 g/mol. The Hall–Kier alpha value is -9.50. The Balaban J connectivity index is 0.000000252. The van der Waals surface area contributed by atoms with E-state index >= 15 is 0 Å². The molecule has 0 atom stereocenters. The Morgan fingerprint density at radius 3 is 1.62 bits per heavy atom. The van der Waals surface area contributed by atoms with Crippen LogP contribution in [0.1, 0.15) is 136 Å². The van der Waals surface area contributed by atoms with Crippen LogP contribution in [-0.2, 0) is 35.7 Å². The van der Waals surface area contributed by atoms with Gasteiger partial charge in [-0.05, 0) is 158 Å².